The fourth-order valence-corrected chi connectivity index (χ4v) is 2.51. The van der Waals surface area contributed by atoms with Gasteiger partial charge in [-0.25, -0.2) is 13.6 Å². The summed E-state index contributed by atoms with van der Waals surface area (Å²) in [5, 5.41) is 14.0. The molecule has 0 fully saturated rings. The summed E-state index contributed by atoms with van der Waals surface area (Å²) in [4.78, 5) is -0.287. The zero-order valence-corrected chi connectivity index (χ0v) is 8.26. The van der Waals surface area contributed by atoms with Gasteiger partial charge in [-0.05, 0) is 28.1 Å². The normalized spacial score (nSPS) is 11.5. The highest BCUT2D eigenvalue weighted by atomic mass is 79.9. The molecule has 4 nitrogen and oxygen atoms in total. The van der Waals surface area contributed by atoms with Gasteiger partial charge in [0.15, 0.2) is 0 Å². The Hall–Kier alpha value is -0.590. The largest absolute Gasteiger partial charge is 0.506 e. The van der Waals surface area contributed by atoms with E-state index >= 15 is 0 Å². The number of nitrogens with two attached hydrogens (primary N) is 1. The van der Waals surface area contributed by atoms with Gasteiger partial charge in [-0.15, -0.1) is 0 Å². The predicted molar refractivity (Wildman–Crippen MR) is 47.2 cm³/mol. The number of phenols is 1. The molecule has 0 heterocycles. The van der Waals surface area contributed by atoms with Crippen LogP contribution in [-0.2, 0) is 10.0 Å². The Morgan fingerprint density at radius 2 is 2.00 bits per heavy atom. The van der Waals surface area contributed by atoms with Crippen molar-refractivity contribution in [2.75, 3.05) is 0 Å². The average molecular weight is 252 g/mol. The predicted octanol–water partition coefficient (Wildman–Crippen LogP) is 0.802. The fraction of sp³-hybridized carbons (Fsp3) is 0. The van der Waals surface area contributed by atoms with Crippen molar-refractivity contribution in [2.24, 2.45) is 5.14 Å². The van der Waals surface area contributed by atoms with Crippen molar-refractivity contribution in [3.05, 3.63) is 22.7 Å². The van der Waals surface area contributed by atoms with Crippen LogP contribution in [0, 0.1) is 0 Å². The second-order valence-electron chi connectivity index (χ2n) is 2.13. The first-order valence-corrected chi connectivity index (χ1v) is 5.27. The van der Waals surface area contributed by atoms with Crippen LogP contribution in [0.25, 0.3) is 0 Å². The second kappa shape index (κ2) is 3.04. The maximum absolute atomic E-state index is 10.9. The number of sulfonamides is 1. The van der Waals surface area contributed by atoms with Gasteiger partial charge in [-0.2, -0.15) is 0 Å². The third kappa shape index (κ3) is 1.77. The third-order valence-corrected chi connectivity index (χ3v) is 3.15. The van der Waals surface area contributed by atoms with Crippen molar-refractivity contribution >= 4 is 26.0 Å². The molecule has 0 saturated carbocycles. The monoisotopic (exact) mass is 251 g/mol. The molecular weight excluding hydrogens is 246 g/mol. The maximum Gasteiger partial charge on any atom is 0.242 e. The van der Waals surface area contributed by atoms with Crippen LogP contribution >= 0.6 is 15.9 Å². The van der Waals surface area contributed by atoms with Gasteiger partial charge in [0.25, 0.3) is 0 Å². The summed E-state index contributed by atoms with van der Waals surface area (Å²) in [7, 11) is -3.86. The lowest BCUT2D eigenvalue weighted by Gasteiger charge is -2.02. The van der Waals surface area contributed by atoms with Gasteiger partial charge in [0.1, 0.15) is 10.6 Å². The smallest absolute Gasteiger partial charge is 0.242 e. The summed E-state index contributed by atoms with van der Waals surface area (Å²) >= 11 is 2.96. The van der Waals surface area contributed by atoms with Crippen LogP contribution < -0.4 is 5.14 Å². The van der Waals surface area contributed by atoms with Crippen LogP contribution in [-0.4, -0.2) is 13.5 Å². The molecule has 6 heteroatoms. The molecule has 0 spiro atoms. The number of primary sulfonamides is 1. The first-order valence-electron chi connectivity index (χ1n) is 2.93. The van der Waals surface area contributed by atoms with E-state index in [4.69, 9.17) is 10.2 Å². The average Bonchev–Trinajstić information content (AvgIpc) is 1.82. The molecular formula is C6H6BrNO3S. The van der Waals surface area contributed by atoms with Crippen LogP contribution in [0.3, 0.4) is 0 Å². The summed E-state index contributed by atoms with van der Waals surface area (Å²) < 4.78 is 22.0. The van der Waals surface area contributed by atoms with E-state index in [2.05, 4.69) is 15.9 Å². The van der Waals surface area contributed by atoms with E-state index in [0.717, 1.165) is 0 Å². The van der Waals surface area contributed by atoms with Gasteiger partial charge in [0.05, 0.1) is 0 Å². The molecule has 12 heavy (non-hydrogen) atoms. The number of aromatic hydroxyl groups is 1. The highest BCUT2D eigenvalue weighted by Gasteiger charge is 2.16. The van der Waals surface area contributed by atoms with E-state index in [-0.39, 0.29) is 15.1 Å². The summed E-state index contributed by atoms with van der Waals surface area (Å²) in [6, 6.07) is 4.25. The van der Waals surface area contributed by atoms with Crippen LogP contribution in [0.2, 0.25) is 0 Å². The number of hydrogen-bond acceptors (Lipinski definition) is 3. The molecule has 0 bridgehead atoms. The van der Waals surface area contributed by atoms with Gasteiger partial charge < -0.3 is 5.11 Å². The zero-order chi connectivity index (χ0) is 9.35. The van der Waals surface area contributed by atoms with E-state index in [1.165, 1.54) is 18.2 Å². The molecule has 0 aliphatic rings. The van der Waals surface area contributed by atoms with E-state index in [9.17, 15) is 8.42 Å². The molecule has 66 valence electrons. The molecule has 0 atom stereocenters. The van der Waals surface area contributed by atoms with E-state index in [0.29, 0.717) is 0 Å². The number of rotatable bonds is 1. The lowest BCUT2D eigenvalue weighted by Crippen LogP contribution is -2.12. The molecule has 1 aromatic carbocycles. The van der Waals surface area contributed by atoms with Gasteiger partial charge in [-0.3, -0.25) is 0 Å². The second-order valence-corrected chi connectivity index (χ2v) is 4.49. The molecule has 3 N–H and O–H groups in total. The quantitative estimate of drug-likeness (QED) is 0.775. The van der Waals surface area contributed by atoms with Gasteiger partial charge in [0, 0.05) is 4.47 Å². The summed E-state index contributed by atoms with van der Waals surface area (Å²) in [5.41, 5.74) is 0. The van der Waals surface area contributed by atoms with Crippen LogP contribution in [0.5, 0.6) is 5.75 Å². The zero-order valence-electron chi connectivity index (χ0n) is 5.86. The Labute approximate surface area is 78.2 Å². The standard InChI is InChI=1S/C6H6BrNO3S/c7-4-2-1-3-5(9)6(4)12(8,10)11/h1-3,9H,(H2,8,10,11). The molecule has 0 aliphatic carbocycles. The van der Waals surface area contributed by atoms with E-state index in [1.54, 1.807) is 0 Å². The lowest BCUT2D eigenvalue weighted by atomic mass is 10.3. The van der Waals surface area contributed by atoms with Gasteiger partial charge in [-0.1, -0.05) is 6.07 Å². The van der Waals surface area contributed by atoms with Crippen molar-refractivity contribution in [3.63, 3.8) is 0 Å². The highest BCUT2D eigenvalue weighted by molar-refractivity contribution is 9.10. The molecule has 1 rings (SSSR count). The third-order valence-electron chi connectivity index (χ3n) is 1.23. The van der Waals surface area contributed by atoms with E-state index in [1.807, 2.05) is 0 Å². The minimum atomic E-state index is -3.86. The summed E-state index contributed by atoms with van der Waals surface area (Å²) in [6.07, 6.45) is 0. The summed E-state index contributed by atoms with van der Waals surface area (Å²) in [6.45, 7) is 0. The molecule has 0 amide bonds. The molecule has 0 unspecified atom stereocenters. The Kier molecular flexibility index (Phi) is 2.41. The molecule has 0 aliphatic heterocycles. The molecule has 0 saturated heterocycles. The van der Waals surface area contributed by atoms with Crippen molar-refractivity contribution in [3.8, 4) is 5.75 Å². The van der Waals surface area contributed by atoms with E-state index < -0.39 is 10.0 Å². The van der Waals surface area contributed by atoms with Crippen LogP contribution in [0.15, 0.2) is 27.6 Å². The first kappa shape index (κ1) is 9.50. The molecule has 1 aromatic rings. The topological polar surface area (TPSA) is 80.4 Å². The lowest BCUT2D eigenvalue weighted by molar-refractivity contribution is 0.458. The first-order chi connectivity index (χ1) is 5.43. The van der Waals surface area contributed by atoms with Crippen LogP contribution in [0.4, 0.5) is 0 Å². The van der Waals surface area contributed by atoms with Crippen molar-refractivity contribution < 1.29 is 13.5 Å². The maximum atomic E-state index is 10.9. The Morgan fingerprint density at radius 1 is 1.42 bits per heavy atom. The van der Waals surface area contributed by atoms with Crippen molar-refractivity contribution in [1.82, 2.24) is 0 Å². The highest BCUT2D eigenvalue weighted by Crippen LogP contribution is 2.28. The minimum absolute atomic E-state index is 0.255. The minimum Gasteiger partial charge on any atom is -0.506 e. The Morgan fingerprint density at radius 3 is 2.33 bits per heavy atom. The number of benzene rings is 1. The van der Waals surface area contributed by atoms with Crippen molar-refractivity contribution in [1.29, 1.82) is 0 Å². The molecule has 0 radical (unpaired) electrons. The summed E-state index contributed by atoms with van der Waals surface area (Å²) in [5.74, 6) is -0.355. The number of halogens is 1. The van der Waals surface area contributed by atoms with Crippen molar-refractivity contribution in [2.45, 2.75) is 4.90 Å². The van der Waals surface area contributed by atoms with Gasteiger partial charge in [0.2, 0.25) is 10.0 Å². The molecule has 0 aromatic heterocycles. The van der Waals surface area contributed by atoms with Gasteiger partial charge >= 0.3 is 0 Å². The SMILES string of the molecule is NS(=O)(=O)c1c(O)cccc1Br. The Bertz CT molecular complexity index is 381. The number of hydrogen-bond donors (Lipinski definition) is 2. The van der Waals surface area contributed by atoms with Crippen LogP contribution in [0.1, 0.15) is 0 Å². The Balaban J connectivity index is 3.53. The number of phenolic OH excluding ortho intramolecular Hbond substituents is 1. The fourth-order valence-electron chi connectivity index (χ4n) is 0.779.